The molecule has 0 heterocycles. The molecule has 0 rings (SSSR count). The predicted molar refractivity (Wildman–Crippen MR) is 69.1 cm³/mol. The topological polar surface area (TPSA) is 34.1 Å². The van der Waals surface area contributed by atoms with Gasteiger partial charge in [-0.1, -0.05) is 18.3 Å². The van der Waals surface area contributed by atoms with E-state index in [1.807, 2.05) is 0 Å². The summed E-state index contributed by atoms with van der Waals surface area (Å²) >= 11 is 0. The molecule has 0 bridgehead atoms. The van der Waals surface area contributed by atoms with Crippen molar-refractivity contribution in [1.29, 1.82) is 0 Å². The van der Waals surface area contributed by atoms with Crippen molar-refractivity contribution < 1.29 is 9.59 Å². The standard InChI is InChI=1S/C15H18O2/c1-3-4-5-6-9-12-15(17)13-10-7-8-11-14(2)16/h9,12H,7-8,10-11,13H2,1-2H3. The Morgan fingerprint density at radius 1 is 1.06 bits per heavy atom. The number of ketones is 2. The van der Waals surface area contributed by atoms with Gasteiger partial charge in [-0.15, -0.1) is 0 Å². The summed E-state index contributed by atoms with van der Waals surface area (Å²) in [6.07, 6.45) is 6.78. The van der Waals surface area contributed by atoms with Crippen LogP contribution in [-0.4, -0.2) is 11.6 Å². The van der Waals surface area contributed by atoms with Crippen LogP contribution in [0, 0.1) is 23.7 Å². The van der Waals surface area contributed by atoms with Gasteiger partial charge in [-0.3, -0.25) is 4.79 Å². The van der Waals surface area contributed by atoms with Crippen molar-refractivity contribution in [3.63, 3.8) is 0 Å². The quantitative estimate of drug-likeness (QED) is 0.383. The molecule has 0 saturated heterocycles. The van der Waals surface area contributed by atoms with Gasteiger partial charge in [0, 0.05) is 12.8 Å². The van der Waals surface area contributed by atoms with Gasteiger partial charge in [-0.05, 0) is 50.7 Å². The number of hydrogen-bond acceptors (Lipinski definition) is 2. The van der Waals surface area contributed by atoms with Gasteiger partial charge < -0.3 is 4.79 Å². The highest BCUT2D eigenvalue weighted by atomic mass is 16.1. The minimum absolute atomic E-state index is 0.0755. The lowest BCUT2D eigenvalue weighted by Crippen LogP contribution is -1.93. The predicted octanol–water partition coefficient (Wildman–Crippen LogP) is 2.68. The number of carbonyl (C=O) groups excluding carboxylic acids is 2. The van der Waals surface area contributed by atoms with Crippen LogP contribution >= 0.6 is 0 Å². The van der Waals surface area contributed by atoms with Crippen LogP contribution in [0.2, 0.25) is 0 Å². The molecule has 0 atom stereocenters. The second-order valence-electron chi connectivity index (χ2n) is 3.71. The number of allylic oxidation sites excluding steroid dienone is 2. The zero-order chi connectivity index (χ0) is 12.9. The van der Waals surface area contributed by atoms with Gasteiger partial charge in [0.15, 0.2) is 5.78 Å². The summed E-state index contributed by atoms with van der Waals surface area (Å²) in [5.41, 5.74) is 0. The van der Waals surface area contributed by atoms with Crippen LogP contribution in [0.5, 0.6) is 0 Å². The molecule has 0 aliphatic carbocycles. The van der Waals surface area contributed by atoms with E-state index in [-0.39, 0.29) is 11.6 Å². The molecular weight excluding hydrogens is 212 g/mol. The highest BCUT2D eigenvalue weighted by molar-refractivity contribution is 5.90. The van der Waals surface area contributed by atoms with Gasteiger partial charge in [0.1, 0.15) is 5.78 Å². The van der Waals surface area contributed by atoms with Crippen LogP contribution in [0.1, 0.15) is 46.0 Å². The van der Waals surface area contributed by atoms with E-state index in [1.165, 1.54) is 12.2 Å². The van der Waals surface area contributed by atoms with Gasteiger partial charge in [0.2, 0.25) is 0 Å². The maximum Gasteiger partial charge on any atom is 0.156 e. The van der Waals surface area contributed by atoms with E-state index in [1.54, 1.807) is 13.8 Å². The minimum Gasteiger partial charge on any atom is -0.300 e. The van der Waals surface area contributed by atoms with Crippen LogP contribution in [0.4, 0.5) is 0 Å². The Morgan fingerprint density at radius 2 is 1.76 bits per heavy atom. The van der Waals surface area contributed by atoms with E-state index in [9.17, 15) is 9.59 Å². The first kappa shape index (κ1) is 15.2. The Hall–Kier alpha value is -1.80. The molecule has 0 aliphatic heterocycles. The lowest BCUT2D eigenvalue weighted by Gasteiger charge is -1.96. The molecule has 2 nitrogen and oxygen atoms in total. The van der Waals surface area contributed by atoms with E-state index in [4.69, 9.17) is 0 Å². The summed E-state index contributed by atoms with van der Waals surface area (Å²) in [5, 5.41) is 0. The van der Waals surface area contributed by atoms with Gasteiger partial charge in [0.05, 0.1) is 0 Å². The van der Waals surface area contributed by atoms with Crippen LogP contribution in [0.3, 0.4) is 0 Å². The fraction of sp³-hybridized carbons (Fsp3) is 0.467. The molecule has 0 aliphatic rings. The monoisotopic (exact) mass is 230 g/mol. The Labute approximate surface area is 103 Å². The third-order valence-corrected chi connectivity index (χ3v) is 2.06. The highest BCUT2D eigenvalue weighted by Gasteiger charge is 1.97. The van der Waals surface area contributed by atoms with E-state index >= 15 is 0 Å². The van der Waals surface area contributed by atoms with Gasteiger partial charge in [0.25, 0.3) is 0 Å². The lowest BCUT2D eigenvalue weighted by molar-refractivity contribution is -0.117. The largest absolute Gasteiger partial charge is 0.300 e. The summed E-state index contributed by atoms with van der Waals surface area (Å²) in [6.45, 7) is 3.30. The Bertz CT molecular complexity index is 394. The number of rotatable bonds is 7. The molecule has 0 radical (unpaired) electrons. The maximum absolute atomic E-state index is 11.3. The summed E-state index contributed by atoms with van der Waals surface area (Å²) in [5.74, 6) is 10.8. The number of hydrogen-bond donors (Lipinski definition) is 0. The van der Waals surface area contributed by atoms with Crippen molar-refractivity contribution in [2.45, 2.75) is 46.0 Å². The smallest absolute Gasteiger partial charge is 0.156 e. The molecular formula is C15H18O2. The maximum atomic E-state index is 11.3. The molecule has 0 unspecified atom stereocenters. The first-order valence-electron chi connectivity index (χ1n) is 5.78. The first-order chi connectivity index (χ1) is 8.16. The molecule has 0 aromatic heterocycles. The van der Waals surface area contributed by atoms with E-state index in [0.717, 1.165) is 19.3 Å². The zero-order valence-corrected chi connectivity index (χ0v) is 10.5. The van der Waals surface area contributed by atoms with E-state index in [2.05, 4.69) is 23.7 Å². The first-order valence-corrected chi connectivity index (χ1v) is 5.78. The van der Waals surface area contributed by atoms with Crippen LogP contribution in [0.25, 0.3) is 0 Å². The van der Waals surface area contributed by atoms with E-state index < -0.39 is 0 Å². The molecule has 0 spiro atoms. The highest BCUT2D eigenvalue weighted by Crippen LogP contribution is 2.04. The molecule has 0 aromatic carbocycles. The number of unbranched alkanes of at least 4 members (excludes halogenated alkanes) is 2. The molecule has 0 fully saturated rings. The van der Waals surface area contributed by atoms with Crippen molar-refractivity contribution in [2.75, 3.05) is 0 Å². The fourth-order valence-corrected chi connectivity index (χ4v) is 1.21. The molecule has 90 valence electrons. The van der Waals surface area contributed by atoms with Crippen molar-refractivity contribution in [3.8, 4) is 23.7 Å². The SMILES string of the molecule is CC#CC#CC=CC(=O)CCCCCC(C)=O. The van der Waals surface area contributed by atoms with Gasteiger partial charge >= 0.3 is 0 Å². The Morgan fingerprint density at radius 3 is 2.41 bits per heavy atom. The third kappa shape index (κ3) is 12.1. The van der Waals surface area contributed by atoms with Crippen LogP contribution < -0.4 is 0 Å². The molecule has 0 aromatic rings. The average Bonchev–Trinajstić information content (AvgIpc) is 2.28. The second-order valence-corrected chi connectivity index (χ2v) is 3.71. The molecule has 0 N–H and O–H groups in total. The minimum atomic E-state index is 0.0755. The van der Waals surface area contributed by atoms with E-state index in [0.29, 0.717) is 12.8 Å². The molecule has 0 amide bonds. The lowest BCUT2D eigenvalue weighted by atomic mass is 10.1. The second kappa shape index (κ2) is 10.7. The van der Waals surface area contributed by atoms with Crippen LogP contribution in [-0.2, 0) is 9.59 Å². The zero-order valence-electron chi connectivity index (χ0n) is 10.5. The summed E-state index contributed by atoms with van der Waals surface area (Å²) in [6, 6.07) is 0. The summed E-state index contributed by atoms with van der Waals surface area (Å²) in [4.78, 5) is 22.0. The summed E-state index contributed by atoms with van der Waals surface area (Å²) in [7, 11) is 0. The van der Waals surface area contributed by atoms with Crippen molar-refractivity contribution in [3.05, 3.63) is 12.2 Å². The Balaban J connectivity index is 3.63. The van der Waals surface area contributed by atoms with Crippen LogP contribution in [0.15, 0.2) is 12.2 Å². The Kier molecular flexibility index (Phi) is 9.58. The molecule has 0 saturated carbocycles. The number of carbonyl (C=O) groups is 2. The summed E-state index contributed by atoms with van der Waals surface area (Å²) < 4.78 is 0. The van der Waals surface area contributed by atoms with Crippen molar-refractivity contribution >= 4 is 11.6 Å². The fourth-order valence-electron chi connectivity index (χ4n) is 1.21. The van der Waals surface area contributed by atoms with Crippen molar-refractivity contribution in [1.82, 2.24) is 0 Å². The normalized spacial score (nSPS) is 9.06. The average molecular weight is 230 g/mol. The molecule has 17 heavy (non-hydrogen) atoms. The van der Waals surface area contributed by atoms with Gasteiger partial charge in [-0.2, -0.15) is 0 Å². The number of Topliss-reactive ketones (excluding diaryl/α,β-unsaturated/α-hetero) is 1. The van der Waals surface area contributed by atoms with Crippen molar-refractivity contribution in [2.24, 2.45) is 0 Å². The third-order valence-electron chi connectivity index (χ3n) is 2.06. The van der Waals surface area contributed by atoms with Gasteiger partial charge in [-0.25, -0.2) is 0 Å². The molecule has 2 heteroatoms.